The number of nitrogens with one attached hydrogen (secondary N) is 3. The normalized spacial score (nSPS) is 15.5. The minimum absolute atomic E-state index is 0.0548. The van der Waals surface area contributed by atoms with Crippen LogP contribution in [0.25, 0.3) is 0 Å². The fraction of sp³-hybridized carbons (Fsp3) is 0.833. The van der Waals surface area contributed by atoms with Gasteiger partial charge in [0.2, 0.25) is 17.7 Å². The molecule has 10 N–H and O–H groups in total. The summed E-state index contributed by atoms with van der Waals surface area (Å²) in [6.07, 6.45) is 4.30. The quantitative estimate of drug-likeness (QED) is 0.122. The summed E-state index contributed by atoms with van der Waals surface area (Å²) in [6.45, 7) is 8.48. The highest BCUT2D eigenvalue weighted by Gasteiger charge is 2.32. The van der Waals surface area contributed by atoms with Gasteiger partial charge in [-0.05, 0) is 63.5 Å². The molecule has 0 aromatic carbocycles. The lowest BCUT2D eigenvalue weighted by Gasteiger charge is -2.28. The molecule has 0 bridgehead atoms. The van der Waals surface area contributed by atoms with Gasteiger partial charge in [-0.3, -0.25) is 14.4 Å². The largest absolute Gasteiger partial charge is 0.480 e. The first-order valence-corrected chi connectivity index (χ1v) is 12.8. The predicted octanol–water partition coefficient (Wildman–Crippen LogP) is 0.203. The van der Waals surface area contributed by atoms with E-state index in [-0.39, 0.29) is 18.3 Å². The van der Waals surface area contributed by atoms with Crippen LogP contribution in [0.2, 0.25) is 0 Å². The monoisotopic (exact) mass is 500 g/mol. The highest BCUT2D eigenvalue weighted by Crippen LogP contribution is 2.12. The average molecular weight is 501 g/mol. The fourth-order valence-electron chi connectivity index (χ4n) is 3.59. The zero-order valence-electron chi connectivity index (χ0n) is 21.8. The van der Waals surface area contributed by atoms with Crippen LogP contribution in [0, 0.1) is 11.8 Å². The topological polar surface area (TPSA) is 203 Å². The maximum atomic E-state index is 13.2. The Hall–Kier alpha value is -2.24. The van der Waals surface area contributed by atoms with Gasteiger partial charge in [-0.2, -0.15) is 0 Å². The zero-order valence-corrected chi connectivity index (χ0v) is 21.8. The van der Waals surface area contributed by atoms with Crippen molar-refractivity contribution in [3.63, 3.8) is 0 Å². The summed E-state index contributed by atoms with van der Waals surface area (Å²) in [5.74, 6) is -2.80. The summed E-state index contributed by atoms with van der Waals surface area (Å²) in [7, 11) is 0. The number of carboxylic acids is 1. The molecule has 0 heterocycles. The van der Waals surface area contributed by atoms with E-state index in [2.05, 4.69) is 16.0 Å². The Balaban J connectivity index is 5.43. The van der Waals surface area contributed by atoms with Crippen LogP contribution >= 0.6 is 0 Å². The number of carboxylic acid groups (broad SMARTS) is 1. The molecule has 0 aromatic rings. The average Bonchev–Trinajstić information content (AvgIpc) is 2.80. The molecule has 0 saturated carbocycles. The van der Waals surface area contributed by atoms with E-state index in [1.165, 1.54) is 0 Å². The number of unbranched alkanes of at least 4 members (excludes halogenated alkanes) is 2. The predicted molar refractivity (Wildman–Crippen MR) is 136 cm³/mol. The fourth-order valence-corrected chi connectivity index (χ4v) is 3.59. The Morgan fingerprint density at radius 1 is 0.771 bits per heavy atom. The molecule has 0 fully saturated rings. The third-order valence-corrected chi connectivity index (χ3v) is 6.00. The van der Waals surface area contributed by atoms with Crippen molar-refractivity contribution in [2.75, 3.05) is 13.1 Å². The van der Waals surface area contributed by atoms with Gasteiger partial charge in [0.15, 0.2) is 0 Å². The molecule has 11 heteroatoms. The molecule has 0 rings (SSSR count). The zero-order chi connectivity index (χ0) is 27.0. The van der Waals surface area contributed by atoms with Crippen molar-refractivity contribution in [3.8, 4) is 0 Å². The number of amides is 3. The number of hydrogen-bond donors (Lipinski definition) is 7. The van der Waals surface area contributed by atoms with Gasteiger partial charge in [-0.1, -0.05) is 40.5 Å². The van der Waals surface area contributed by atoms with Crippen molar-refractivity contribution < 1.29 is 24.3 Å². The highest BCUT2D eigenvalue weighted by molar-refractivity contribution is 5.94. The minimum Gasteiger partial charge on any atom is -0.480 e. The summed E-state index contributed by atoms with van der Waals surface area (Å²) in [5, 5.41) is 17.5. The number of hydrogen-bond acceptors (Lipinski definition) is 7. The highest BCUT2D eigenvalue weighted by atomic mass is 16.4. The van der Waals surface area contributed by atoms with Gasteiger partial charge in [-0.15, -0.1) is 0 Å². The van der Waals surface area contributed by atoms with E-state index in [1.54, 1.807) is 0 Å². The molecule has 0 aromatic heterocycles. The first-order chi connectivity index (χ1) is 16.5. The number of carbonyl (C=O) groups is 4. The van der Waals surface area contributed by atoms with Crippen LogP contribution < -0.4 is 33.2 Å². The van der Waals surface area contributed by atoms with Crippen LogP contribution in [0.5, 0.6) is 0 Å². The second-order valence-electron chi connectivity index (χ2n) is 9.64. The van der Waals surface area contributed by atoms with E-state index in [1.807, 2.05) is 27.7 Å². The Morgan fingerprint density at radius 2 is 1.31 bits per heavy atom. The van der Waals surface area contributed by atoms with Crippen molar-refractivity contribution >= 4 is 23.7 Å². The third-order valence-electron chi connectivity index (χ3n) is 6.00. The van der Waals surface area contributed by atoms with Gasteiger partial charge in [0, 0.05) is 0 Å². The maximum absolute atomic E-state index is 13.2. The van der Waals surface area contributed by atoms with Crippen LogP contribution in [-0.2, 0) is 19.2 Å². The molecule has 0 aliphatic carbocycles. The lowest BCUT2D eigenvalue weighted by atomic mass is 9.96. The molecule has 5 unspecified atom stereocenters. The molecule has 204 valence electrons. The van der Waals surface area contributed by atoms with Crippen molar-refractivity contribution in [2.24, 2.45) is 29.0 Å². The lowest BCUT2D eigenvalue weighted by molar-refractivity contribution is -0.142. The molecule has 5 atom stereocenters. The molecule has 0 aliphatic rings. The van der Waals surface area contributed by atoms with Crippen LogP contribution in [0.4, 0.5) is 0 Å². The van der Waals surface area contributed by atoms with Gasteiger partial charge in [-0.25, -0.2) is 4.79 Å². The molecule has 0 radical (unpaired) electrons. The van der Waals surface area contributed by atoms with Gasteiger partial charge < -0.3 is 38.3 Å². The van der Waals surface area contributed by atoms with Crippen molar-refractivity contribution in [1.29, 1.82) is 0 Å². The SMILES string of the molecule is CCC(C)C(NC(=O)C(N)CCCCN)C(=O)NC(CC(C)C)C(=O)NC(CCCCN)C(=O)O. The molecular formula is C24H48N6O5. The summed E-state index contributed by atoms with van der Waals surface area (Å²) in [6, 6.07) is -3.66. The Kier molecular flexibility index (Phi) is 16.9. The second-order valence-corrected chi connectivity index (χ2v) is 9.64. The van der Waals surface area contributed by atoms with Crippen LogP contribution in [-0.4, -0.2) is 66.1 Å². The molecule has 3 amide bonds. The standard InChI is InChI=1S/C24H48N6O5/c1-5-16(4)20(30-21(31)17(27)10-6-8-12-25)23(33)29-19(14-15(2)3)22(32)28-18(24(34)35)11-7-9-13-26/h15-20H,5-14,25-27H2,1-4H3,(H,28,32)(H,29,33)(H,30,31)(H,34,35). The van der Waals surface area contributed by atoms with Gasteiger partial charge >= 0.3 is 5.97 Å². The number of nitrogens with two attached hydrogens (primary N) is 3. The second kappa shape index (κ2) is 18.1. The minimum atomic E-state index is -1.14. The van der Waals surface area contributed by atoms with Gasteiger partial charge in [0.1, 0.15) is 18.1 Å². The maximum Gasteiger partial charge on any atom is 0.326 e. The summed E-state index contributed by atoms with van der Waals surface area (Å²) in [4.78, 5) is 50.4. The molecule has 0 spiro atoms. The molecule has 35 heavy (non-hydrogen) atoms. The van der Waals surface area contributed by atoms with E-state index in [0.717, 1.165) is 6.42 Å². The van der Waals surface area contributed by atoms with E-state index >= 15 is 0 Å². The first kappa shape index (κ1) is 32.8. The van der Waals surface area contributed by atoms with Gasteiger partial charge in [0.05, 0.1) is 6.04 Å². The van der Waals surface area contributed by atoms with Crippen LogP contribution in [0.15, 0.2) is 0 Å². The first-order valence-electron chi connectivity index (χ1n) is 12.8. The lowest BCUT2D eigenvalue weighted by Crippen LogP contribution is -2.58. The molecular weight excluding hydrogens is 452 g/mol. The summed E-state index contributed by atoms with van der Waals surface area (Å²) < 4.78 is 0. The number of rotatable bonds is 19. The smallest absolute Gasteiger partial charge is 0.326 e. The van der Waals surface area contributed by atoms with Crippen LogP contribution in [0.3, 0.4) is 0 Å². The van der Waals surface area contributed by atoms with Crippen molar-refractivity contribution in [3.05, 3.63) is 0 Å². The van der Waals surface area contributed by atoms with E-state index in [9.17, 15) is 24.3 Å². The third kappa shape index (κ3) is 13.4. The van der Waals surface area contributed by atoms with Crippen molar-refractivity contribution in [1.82, 2.24) is 16.0 Å². The van der Waals surface area contributed by atoms with E-state index in [4.69, 9.17) is 17.2 Å². The molecule has 11 nitrogen and oxygen atoms in total. The Morgan fingerprint density at radius 3 is 1.80 bits per heavy atom. The number of carbonyl (C=O) groups excluding carboxylic acids is 3. The van der Waals surface area contributed by atoms with Crippen molar-refractivity contribution in [2.45, 2.75) is 103 Å². The summed E-state index contributed by atoms with van der Waals surface area (Å²) in [5.41, 5.74) is 16.9. The van der Waals surface area contributed by atoms with E-state index < -0.39 is 47.9 Å². The Labute approximate surface area is 209 Å². The van der Waals surface area contributed by atoms with E-state index in [0.29, 0.717) is 51.6 Å². The number of aliphatic carboxylic acids is 1. The van der Waals surface area contributed by atoms with Gasteiger partial charge in [0.25, 0.3) is 0 Å². The Bertz CT molecular complexity index is 660. The summed E-state index contributed by atoms with van der Waals surface area (Å²) >= 11 is 0. The van der Waals surface area contributed by atoms with Crippen LogP contribution in [0.1, 0.15) is 79.1 Å². The molecule has 0 aliphatic heterocycles. The molecule has 0 saturated heterocycles.